The Balaban J connectivity index is 1.90. The van der Waals surface area contributed by atoms with Crippen molar-refractivity contribution in [3.63, 3.8) is 0 Å². The number of nitrogens with one attached hydrogen (secondary N) is 2. The number of aromatic amines is 1. The lowest BCUT2D eigenvalue weighted by Crippen LogP contribution is -2.13. The minimum absolute atomic E-state index is 0.207. The third kappa shape index (κ3) is 2.23. The van der Waals surface area contributed by atoms with Gasteiger partial charge in [-0.25, -0.2) is 8.78 Å². The van der Waals surface area contributed by atoms with Crippen LogP contribution in [-0.2, 0) is 0 Å². The first-order valence-electron chi connectivity index (χ1n) is 5.83. The van der Waals surface area contributed by atoms with Gasteiger partial charge in [-0.2, -0.15) is 0 Å². The zero-order valence-electron chi connectivity index (χ0n) is 10.2. The molecule has 0 atom stereocenters. The first-order chi connectivity index (χ1) is 9.63. The molecule has 2 heterocycles. The molecule has 100 valence electrons. The van der Waals surface area contributed by atoms with Crippen molar-refractivity contribution in [1.29, 1.82) is 0 Å². The quantitative estimate of drug-likeness (QED) is 0.753. The lowest BCUT2D eigenvalue weighted by Gasteiger charge is -2.04. The van der Waals surface area contributed by atoms with Crippen molar-refractivity contribution in [2.75, 3.05) is 5.32 Å². The van der Waals surface area contributed by atoms with Gasteiger partial charge in [-0.05, 0) is 30.3 Å². The number of rotatable bonds is 2. The zero-order valence-corrected chi connectivity index (χ0v) is 10.2. The molecule has 0 fully saturated rings. The van der Waals surface area contributed by atoms with Crippen LogP contribution >= 0.6 is 0 Å². The van der Waals surface area contributed by atoms with Gasteiger partial charge in [0, 0.05) is 12.3 Å². The second-order valence-corrected chi connectivity index (χ2v) is 4.20. The van der Waals surface area contributed by atoms with Gasteiger partial charge >= 0.3 is 0 Å². The Bertz CT molecular complexity index is 765. The van der Waals surface area contributed by atoms with E-state index in [9.17, 15) is 13.6 Å². The first-order valence-corrected chi connectivity index (χ1v) is 5.83. The van der Waals surface area contributed by atoms with Crippen molar-refractivity contribution >= 4 is 22.6 Å². The molecule has 0 saturated carbocycles. The number of nitrogens with zero attached hydrogens (tertiary/aromatic N) is 1. The fourth-order valence-corrected chi connectivity index (χ4v) is 1.86. The number of hydrogen-bond donors (Lipinski definition) is 2. The Kier molecular flexibility index (Phi) is 2.90. The number of halogens is 2. The third-order valence-corrected chi connectivity index (χ3v) is 2.81. The average Bonchev–Trinajstić information content (AvgIpc) is 2.87. The van der Waals surface area contributed by atoms with E-state index in [2.05, 4.69) is 15.3 Å². The van der Waals surface area contributed by atoms with E-state index < -0.39 is 17.5 Å². The minimum Gasteiger partial charge on any atom is -0.349 e. The van der Waals surface area contributed by atoms with Gasteiger partial charge in [0.1, 0.15) is 17.3 Å². The molecule has 0 aliphatic rings. The Morgan fingerprint density at radius 3 is 2.85 bits per heavy atom. The summed E-state index contributed by atoms with van der Waals surface area (Å²) < 4.78 is 26.5. The Morgan fingerprint density at radius 2 is 2.05 bits per heavy atom. The summed E-state index contributed by atoms with van der Waals surface area (Å²) in [6.45, 7) is 0. The molecule has 0 saturated heterocycles. The fourth-order valence-electron chi connectivity index (χ4n) is 1.86. The molecule has 2 N–H and O–H groups in total. The summed E-state index contributed by atoms with van der Waals surface area (Å²) >= 11 is 0. The summed E-state index contributed by atoms with van der Waals surface area (Å²) in [5, 5.41) is 2.32. The van der Waals surface area contributed by atoms with Crippen LogP contribution in [0.1, 0.15) is 10.5 Å². The molecule has 0 aliphatic carbocycles. The highest BCUT2D eigenvalue weighted by Crippen LogP contribution is 2.17. The highest BCUT2D eigenvalue weighted by Gasteiger charge is 2.13. The largest absolute Gasteiger partial charge is 0.349 e. The lowest BCUT2D eigenvalue weighted by molar-refractivity contribution is 0.102. The number of carbonyl (C=O) groups excluding carboxylic acids is 1. The van der Waals surface area contributed by atoms with Gasteiger partial charge in [-0.1, -0.05) is 0 Å². The van der Waals surface area contributed by atoms with E-state index in [1.54, 1.807) is 24.4 Å². The molecule has 0 radical (unpaired) electrons. The molecule has 0 spiro atoms. The van der Waals surface area contributed by atoms with E-state index in [0.29, 0.717) is 11.0 Å². The third-order valence-electron chi connectivity index (χ3n) is 2.81. The number of aromatic nitrogens is 2. The van der Waals surface area contributed by atoms with Crippen molar-refractivity contribution in [2.45, 2.75) is 0 Å². The van der Waals surface area contributed by atoms with E-state index in [0.717, 1.165) is 18.2 Å². The maximum Gasteiger partial charge on any atom is 0.272 e. The predicted octanol–water partition coefficient (Wildman–Crippen LogP) is 3.09. The number of fused-ring (bicyclic) bond motifs is 1. The zero-order chi connectivity index (χ0) is 14.1. The first kappa shape index (κ1) is 12.3. The van der Waals surface area contributed by atoms with E-state index >= 15 is 0 Å². The molecule has 2 aromatic heterocycles. The Morgan fingerprint density at radius 1 is 1.20 bits per heavy atom. The summed E-state index contributed by atoms with van der Waals surface area (Å²) in [5.74, 6) is -1.89. The molecule has 3 aromatic rings. The van der Waals surface area contributed by atoms with Gasteiger partial charge < -0.3 is 10.3 Å². The van der Waals surface area contributed by atoms with Crippen LogP contribution in [0.25, 0.3) is 11.0 Å². The molecule has 3 rings (SSSR count). The van der Waals surface area contributed by atoms with Crippen LogP contribution in [0.15, 0.2) is 42.6 Å². The van der Waals surface area contributed by atoms with E-state index in [1.807, 2.05) is 0 Å². The highest BCUT2D eigenvalue weighted by atomic mass is 19.1. The Hall–Kier alpha value is -2.76. The summed E-state index contributed by atoms with van der Waals surface area (Å²) in [6, 6.07) is 7.90. The molecule has 4 nitrogen and oxygen atoms in total. The molecule has 0 bridgehead atoms. The van der Waals surface area contributed by atoms with Crippen LogP contribution in [-0.4, -0.2) is 15.9 Å². The van der Waals surface area contributed by atoms with Crippen molar-refractivity contribution < 1.29 is 13.6 Å². The lowest BCUT2D eigenvalue weighted by atomic mass is 10.3. The normalized spacial score (nSPS) is 10.7. The number of benzene rings is 1. The van der Waals surface area contributed by atoms with Gasteiger partial charge in [-0.3, -0.25) is 9.78 Å². The van der Waals surface area contributed by atoms with Crippen molar-refractivity contribution in [3.8, 4) is 0 Å². The topological polar surface area (TPSA) is 57.8 Å². The van der Waals surface area contributed by atoms with E-state index in [1.165, 1.54) is 0 Å². The van der Waals surface area contributed by atoms with Gasteiger partial charge in [0.25, 0.3) is 5.91 Å². The van der Waals surface area contributed by atoms with Crippen LogP contribution in [0.4, 0.5) is 14.5 Å². The molecular weight excluding hydrogens is 264 g/mol. The van der Waals surface area contributed by atoms with E-state index in [4.69, 9.17) is 0 Å². The van der Waals surface area contributed by atoms with Gasteiger partial charge in [-0.15, -0.1) is 0 Å². The maximum atomic E-state index is 13.4. The standard InChI is InChI=1S/C14H9F2N3O/c15-8-3-4-9(16)11(6-8)19-14(20)13-7-12-10(18-13)2-1-5-17-12/h1-7,18H,(H,19,20). The van der Waals surface area contributed by atoms with Crippen molar-refractivity contribution in [1.82, 2.24) is 9.97 Å². The summed E-state index contributed by atoms with van der Waals surface area (Å²) in [6.07, 6.45) is 1.60. The van der Waals surface area contributed by atoms with Gasteiger partial charge in [0.15, 0.2) is 0 Å². The van der Waals surface area contributed by atoms with Crippen molar-refractivity contribution in [2.24, 2.45) is 0 Å². The average molecular weight is 273 g/mol. The monoisotopic (exact) mass is 273 g/mol. The highest BCUT2D eigenvalue weighted by molar-refractivity contribution is 6.05. The molecular formula is C14H9F2N3O. The second-order valence-electron chi connectivity index (χ2n) is 4.20. The molecule has 1 aromatic carbocycles. The minimum atomic E-state index is -0.700. The smallest absolute Gasteiger partial charge is 0.272 e. The van der Waals surface area contributed by atoms with Crippen LogP contribution in [0.5, 0.6) is 0 Å². The molecule has 0 aliphatic heterocycles. The van der Waals surface area contributed by atoms with Crippen LogP contribution in [0.2, 0.25) is 0 Å². The number of pyridine rings is 1. The second kappa shape index (κ2) is 4.73. The number of carbonyl (C=O) groups is 1. The van der Waals surface area contributed by atoms with Crippen LogP contribution < -0.4 is 5.32 Å². The predicted molar refractivity (Wildman–Crippen MR) is 70.4 cm³/mol. The van der Waals surface area contributed by atoms with Gasteiger partial charge in [0.2, 0.25) is 0 Å². The number of hydrogen-bond acceptors (Lipinski definition) is 2. The SMILES string of the molecule is O=C(Nc1cc(F)ccc1F)c1cc2ncccc2[nH]1. The van der Waals surface area contributed by atoms with Crippen LogP contribution in [0.3, 0.4) is 0 Å². The molecule has 1 amide bonds. The molecule has 20 heavy (non-hydrogen) atoms. The number of amides is 1. The fraction of sp³-hybridized carbons (Fsp3) is 0. The summed E-state index contributed by atoms with van der Waals surface area (Å²) in [7, 11) is 0. The summed E-state index contributed by atoms with van der Waals surface area (Å²) in [4.78, 5) is 18.9. The molecule has 0 unspecified atom stereocenters. The maximum absolute atomic E-state index is 13.4. The van der Waals surface area contributed by atoms with Crippen LogP contribution in [0, 0.1) is 11.6 Å². The number of H-pyrrole nitrogens is 1. The van der Waals surface area contributed by atoms with Gasteiger partial charge in [0.05, 0.1) is 16.7 Å². The van der Waals surface area contributed by atoms with E-state index in [-0.39, 0.29) is 11.4 Å². The summed E-state index contributed by atoms with van der Waals surface area (Å²) in [5.41, 5.74) is 1.33. The van der Waals surface area contributed by atoms with Crippen molar-refractivity contribution in [3.05, 3.63) is 59.9 Å². The Labute approximate surface area is 112 Å². The molecule has 6 heteroatoms. The number of anilines is 1.